The third-order valence-electron chi connectivity index (χ3n) is 3.39. The summed E-state index contributed by atoms with van der Waals surface area (Å²) in [6.07, 6.45) is -0.0947. The van der Waals surface area contributed by atoms with Gasteiger partial charge in [-0.1, -0.05) is 17.7 Å². The fraction of sp³-hybridized carbons (Fsp3) is 0.294. The van der Waals surface area contributed by atoms with E-state index in [4.69, 9.17) is 9.47 Å². The standard InChI is InChI=1S/C17H19BrO3/c1-11-4-6-16(20-2)13(8-11)15(19)10-12-5-7-17(21-3)14(18)9-12/h4-9,15,19H,10H2,1-3H3. The van der Waals surface area contributed by atoms with Crippen LogP contribution in [0.1, 0.15) is 22.8 Å². The quantitative estimate of drug-likeness (QED) is 0.883. The summed E-state index contributed by atoms with van der Waals surface area (Å²) >= 11 is 3.46. The number of aliphatic hydroxyl groups excluding tert-OH is 1. The van der Waals surface area contributed by atoms with Gasteiger partial charge in [0.25, 0.3) is 0 Å². The SMILES string of the molecule is COc1ccc(CC(O)c2cc(C)ccc2OC)cc1Br. The van der Waals surface area contributed by atoms with E-state index in [1.807, 2.05) is 43.3 Å². The maximum atomic E-state index is 10.5. The van der Waals surface area contributed by atoms with Crippen molar-refractivity contribution < 1.29 is 14.6 Å². The molecule has 0 aliphatic heterocycles. The summed E-state index contributed by atoms with van der Waals surface area (Å²) in [5.74, 6) is 1.49. The zero-order valence-corrected chi connectivity index (χ0v) is 14.0. The molecule has 2 rings (SSSR count). The van der Waals surface area contributed by atoms with Crippen LogP contribution in [0.5, 0.6) is 11.5 Å². The highest BCUT2D eigenvalue weighted by molar-refractivity contribution is 9.10. The first-order chi connectivity index (χ1) is 10.0. The Bertz CT molecular complexity index is 625. The molecule has 0 saturated carbocycles. The Balaban J connectivity index is 2.23. The highest BCUT2D eigenvalue weighted by atomic mass is 79.9. The van der Waals surface area contributed by atoms with E-state index in [1.54, 1.807) is 14.2 Å². The molecule has 0 bridgehead atoms. The van der Waals surface area contributed by atoms with Crippen molar-refractivity contribution in [1.82, 2.24) is 0 Å². The largest absolute Gasteiger partial charge is 0.496 e. The molecule has 3 nitrogen and oxygen atoms in total. The number of hydrogen-bond acceptors (Lipinski definition) is 3. The van der Waals surface area contributed by atoms with Crippen LogP contribution < -0.4 is 9.47 Å². The lowest BCUT2D eigenvalue weighted by Gasteiger charge is -2.16. The Morgan fingerprint density at radius 3 is 2.33 bits per heavy atom. The summed E-state index contributed by atoms with van der Waals surface area (Å²) < 4.78 is 11.4. The molecular weight excluding hydrogens is 332 g/mol. The molecule has 112 valence electrons. The van der Waals surface area contributed by atoms with Crippen LogP contribution in [0.15, 0.2) is 40.9 Å². The minimum atomic E-state index is -0.611. The van der Waals surface area contributed by atoms with Gasteiger partial charge < -0.3 is 14.6 Å². The first-order valence-electron chi connectivity index (χ1n) is 6.70. The van der Waals surface area contributed by atoms with E-state index in [1.165, 1.54) is 0 Å². The number of hydrogen-bond donors (Lipinski definition) is 1. The highest BCUT2D eigenvalue weighted by Crippen LogP contribution is 2.31. The summed E-state index contributed by atoms with van der Waals surface area (Å²) in [5, 5.41) is 10.5. The highest BCUT2D eigenvalue weighted by Gasteiger charge is 2.15. The number of halogens is 1. The van der Waals surface area contributed by atoms with Crippen molar-refractivity contribution in [2.24, 2.45) is 0 Å². The van der Waals surface area contributed by atoms with Gasteiger partial charge in [-0.3, -0.25) is 0 Å². The summed E-state index contributed by atoms with van der Waals surface area (Å²) in [5.41, 5.74) is 2.93. The second-order valence-corrected chi connectivity index (χ2v) is 5.79. The molecule has 2 aromatic carbocycles. The van der Waals surface area contributed by atoms with E-state index in [2.05, 4.69) is 15.9 Å². The van der Waals surface area contributed by atoms with E-state index in [0.29, 0.717) is 12.2 Å². The van der Waals surface area contributed by atoms with Gasteiger partial charge in [-0.05, 0) is 52.7 Å². The third-order valence-corrected chi connectivity index (χ3v) is 4.01. The van der Waals surface area contributed by atoms with Crippen LogP contribution in [0.3, 0.4) is 0 Å². The summed E-state index contributed by atoms with van der Waals surface area (Å²) in [4.78, 5) is 0. The van der Waals surface area contributed by atoms with E-state index in [0.717, 1.165) is 26.9 Å². The molecule has 1 N–H and O–H groups in total. The molecule has 0 aliphatic carbocycles. The average Bonchev–Trinajstić information content (AvgIpc) is 2.47. The molecule has 21 heavy (non-hydrogen) atoms. The van der Waals surface area contributed by atoms with Crippen molar-refractivity contribution in [2.45, 2.75) is 19.4 Å². The monoisotopic (exact) mass is 350 g/mol. The van der Waals surface area contributed by atoms with Gasteiger partial charge in [-0.15, -0.1) is 0 Å². The number of benzene rings is 2. The van der Waals surface area contributed by atoms with Crippen LogP contribution in [-0.4, -0.2) is 19.3 Å². The molecule has 0 aromatic heterocycles. The third kappa shape index (κ3) is 3.77. The molecule has 1 atom stereocenters. The number of aryl methyl sites for hydroxylation is 1. The summed E-state index contributed by atoms with van der Waals surface area (Å²) in [6, 6.07) is 11.6. The van der Waals surface area contributed by atoms with Gasteiger partial charge in [0.05, 0.1) is 24.8 Å². The van der Waals surface area contributed by atoms with Crippen LogP contribution in [0.4, 0.5) is 0 Å². The number of aliphatic hydroxyl groups is 1. The predicted octanol–water partition coefficient (Wildman–Crippen LogP) is 4.05. The number of methoxy groups -OCH3 is 2. The molecule has 1 unspecified atom stereocenters. The van der Waals surface area contributed by atoms with Crippen molar-refractivity contribution in [2.75, 3.05) is 14.2 Å². The normalized spacial score (nSPS) is 12.0. The zero-order valence-electron chi connectivity index (χ0n) is 12.4. The zero-order chi connectivity index (χ0) is 15.4. The lowest BCUT2D eigenvalue weighted by Crippen LogP contribution is -2.05. The first-order valence-corrected chi connectivity index (χ1v) is 7.49. The molecule has 0 spiro atoms. The summed E-state index contributed by atoms with van der Waals surface area (Å²) in [7, 11) is 3.25. The first kappa shape index (κ1) is 15.9. The van der Waals surface area contributed by atoms with Crippen LogP contribution in [0.2, 0.25) is 0 Å². The molecule has 0 fully saturated rings. The van der Waals surface area contributed by atoms with Crippen molar-refractivity contribution >= 4 is 15.9 Å². The maximum absolute atomic E-state index is 10.5. The molecule has 0 heterocycles. The predicted molar refractivity (Wildman–Crippen MR) is 87.1 cm³/mol. The molecule has 4 heteroatoms. The van der Waals surface area contributed by atoms with Gasteiger partial charge in [0.1, 0.15) is 11.5 Å². The topological polar surface area (TPSA) is 38.7 Å². The van der Waals surface area contributed by atoms with Crippen molar-refractivity contribution in [3.05, 3.63) is 57.6 Å². The minimum Gasteiger partial charge on any atom is -0.496 e. The molecule has 2 aromatic rings. The van der Waals surface area contributed by atoms with E-state index < -0.39 is 6.10 Å². The van der Waals surface area contributed by atoms with Crippen LogP contribution in [0.25, 0.3) is 0 Å². The minimum absolute atomic E-state index is 0.516. The second kappa shape index (κ2) is 6.96. The van der Waals surface area contributed by atoms with Gasteiger partial charge in [0, 0.05) is 12.0 Å². The lowest BCUT2D eigenvalue weighted by molar-refractivity contribution is 0.174. The maximum Gasteiger partial charge on any atom is 0.133 e. The van der Waals surface area contributed by atoms with E-state index >= 15 is 0 Å². The molecule has 0 aliphatic rings. The van der Waals surface area contributed by atoms with Crippen molar-refractivity contribution in [3.63, 3.8) is 0 Å². The van der Waals surface area contributed by atoms with E-state index in [9.17, 15) is 5.11 Å². The Morgan fingerprint density at radius 2 is 1.71 bits per heavy atom. The summed E-state index contributed by atoms with van der Waals surface area (Å²) in [6.45, 7) is 2.00. The fourth-order valence-electron chi connectivity index (χ4n) is 2.28. The number of ether oxygens (including phenoxy) is 2. The Morgan fingerprint density at radius 1 is 1.05 bits per heavy atom. The van der Waals surface area contributed by atoms with Gasteiger partial charge in [-0.25, -0.2) is 0 Å². The smallest absolute Gasteiger partial charge is 0.133 e. The Labute approximate surface area is 133 Å². The Kier molecular flexibility index (Phi) is 5.26. The van der Waals surface area contributed by atoms with Crippen molar-refractivity contribution in [1.29, 1.82) is 0 Å². The van der Waals surface area contributed by atoms with Crippen LogP contribution >= 0.6 is 15.9 Å². The average molecular weight is 351 g/mol. The second-order valence-electron chi connectivity index (χ2n) is 4.93. The van der Waals surface area contributed by atoms with Gasteiger partial charge in [0.15, 0.2) is 0 Å². The lowest BCUT2D eigenvalue weighted by atomic mass is 9.99. The van der Waals surface area contributed by atoms with E-state index in [-0.39, 0.29) is 0 Å². The molecule has 0 saturated heterocycles. The molecular formula is C17H19BrO3. The number of rotatable bonds is 5. The van der Waals surface area contributed by atoms with Gasteiger partial charge in [0.2, 0.25) is 0 Å². The Hall–Kier alpha value is -1.52. The van der Waals surface area contributed by atoms with Crippen molar-refractivity contribution in [3.8, 4) is 11.5 Å². The molecule has 0 amide bonds. The van der Waals surface area contributed by atoms with Crippen LogP contribution in [0, 0.1) is 6.92 Å². The van der Waals surface area contributed by atoms with Crippen LogP contribution in [-0.2, 0) is 6.42 Å². The van der Waals surface area contributed by atoms with Gasteiger partial charge in [-0.2, -0.15) is 0 Å². The molecule has 0 radical (unpaired) electrons. The fourth-order valence-corrected chi connectivity index (χ4v) is 2.87. The van der Waals surface area contributed by atoms with Gasteiger partial charge >= 0.3 is 0 Å².